The van der Waals surface area contributed by atoms with Crippen LogP contribution < -0.4 is 10.2 Å². The van der Waals surface area contributed by atoms with Gasteiger partial charge in [0.05, 0.1) is 36.1 Å². The van der Waals surface area contributed by atoms with Crippen LogP contribution >= 0.6 is 0 Å². The lowest BCUT2D eigenvalue weighted by Crippen LogP contribution is -2.38. The number of imidazole rings is 1. The standard InChI is InChI=1S/C24H27N5O.CH4O.H2/c1-28-16-25-14-22(28)18-10-11-20-21(13-18)29(24(30)17-7-3-2-4-8-17)15-19-9-5-6-12-26-23(19)27-20;1-2;/h5,9-14,16-17,27H,2-4,6-8,15H2,1H3;2H,1H3;1H. The number of fused-ring (bicyclic) bond motifs is 1. The molecule has 1 aromatic carbocycles. The Morgan fingerprint density at radius 3 is 2.78 bits per heavy atom. The lowest BCUT2D eigenvalue weighted by atomic mass is 9.88. The van der Waals surface area contributed by atoms with Crippen LogP contribution in [0.2, 0.25) is 0 Å². The van der Waals surface area contributed by atoms with Crippen molar-refractivity contribution in [1.82, 2.24) is 9.55 Å². The molecular formula is C25H33N5O2. The fraction of sp³-hybridized carbons (Fsp3) is 0.400. The van der Waals surface area contributed by atoms with Gasteiger partial charge in [-0.05, 0) is 25.0 Å². The number of aliphatic hydroxyl groups excluding tert-OH is 1. The fourth-order valence-electron chi connectivity index (χ4n) is 4.62. The number of aliphatic imine (C=N–C) groups is 1. The molecule has 3 aliphatic rings. The molecule has 0 bridgehead atoms. The molecule has 2 aromatic rings. The zero-order chi connectivity index (χ0) is 22.5. The average molecular weight is 436 g/mol. The average Bonchev–Trinajstić information content (AvgIpc) is 3.06. The maximum Gasteiger partial charge on any atom is 0.230 e. The van der Waals surface area contributed by atoms with Crippen molar-refractivity contribution in [3.05, 3.63) is 54.3 Å². The van der Waals surface area contributed by atoms with Gasteiger partial charge in [0, 0.05) is 45.3 Å². The second-order valence-electron chi connectivity index (χ2n) is 8.33. The number of amides is 1. The molecule has 2 N–H and O–H groups in total. The van der Waals surface area contributed by atoms with Crippen molar-refractivity contribution in [2.24, 2.45) is 18.0 Å². The van der Waals surface area contributed by atoms with Gasteiger partial charge in [0.2, 0.25) is 5.91 Å². The zero-order valence-corrected chi connectivity index (χ0v) is 18.8. The van der Waals surface area contributed by atoms with Crippen molar-refractivity contribution in [1.29, 1.82) is 0 Å². The predicted molar refractivity (Wildman–Crippen MR) is 131 cm³/mol. The van der Waals surface area contributed by atoms with Gasteiger partial charge in [-0.3, -0.25) is 4.79 Å². The summed E-state index contributed by atoms with van der Waals surface area (Å²) in [7, 11) is 2.99. The minimum atomic E-state index is 0. The second kappa shape index (κ2) is 9.96. The number of allylic oxidation sites excluding steroid dienone is 1. The molecule has 1 amide bonds. The van der Waals surface area contributed by atoms with Crippen LogP contribution in [-0.2, 0) is 11.8 Å². The molecular weight excluding hydrogens is 402 g/mol. The molecule has 0 unspecified atom stereocenters. The molecule has 32 heavy (non-hydrogen) atoms. The third kappa shape index (κ3) is 4.39. The van der Waals surface area contributed by atoms with E-state index in [0.29, 0.717) is 6.54 Å². The van der Waals surface area contributed by atoms with E-state index in [4.69, 9.17) is 5.11 Å². The number of hydrogen-bond donors (Lipinski definition) is 2. The number of anilines is 2. The highest BCUT2D eigenvalue weighted by Crippen LogP contribution is 2.38. The van der Waals surface area contributed by atoms with Crippen LogP contribution in [0, 0.1) is 5.92 Å². The number of aromatic nitrogens is 2. The molecule has 5 rings (SSSR count). The first-order valence-corrected chi connectivity index (χ1v) is 11.3. The van der Waals surface area contributed by atoms with Gasteiger partial charge in [0.25, 0.3) is 0 Å². The van der Waals surface area contributed by atoms with Crippen LogP contribution in [0.5, 0.6) is 0 Å². The predicted octanol–water partition coefficient (Wildman–Crippen LogP) is 4.52. The summed E-state index contributed by atoms with van der Waals surface area (Å²) in [6.45, 7) is 0.535. The van der Waals surface area contributed by atoms with Gasteiger partial charge < -0.3 is 19.9 Å². The Morgan fingerprint density at radius 1 is 1.22 bits per heavy atom. The lowest BCUT2D eigenvalue weighted by molar-refractivity contribution is -0.123. The second-order valence-corrected chi connectivity index (χ2v) is 8.33. The number of aryl methyl sites for hydroxylation is 1. The summed E-state index contributed by atoms with van der Waals surface area (Å²) in [6, 6.07) is 6.24. The Balaban J connectivity index is 0.000000994. The number of aliphatic hydroxyl groups is 1. The number of carbonyl (C=O) groups is 1. The van der Waals surface area contributed by atoms with E-state index in [0.717, 1.165) is 73.2 Å². The Labute approximate surface area is 190 Å². The van der Waals surface area contributed by atoms with Crippen LogP contribution in [0.1, 0.15) is 40.0 Å². The van der Waals surface area contributed by atoms with Crippen molar-refractivity contribution >= 4 is 23.5 Å². The highest BCUT2D eigenvalue weighted by molar-refractivity contribution is 6.00. The Kier molecular flexibility index (Phi) is 6.85. The van der Waals surface area contributed by atoms with E-state index >= 15 is 0 Å². The molecule has 1 aromatic heterocycles. The number of carbonyl (C=O) groups excluding carboxylic acids is 1. The van der Waals surface area contributed by atoms with Crippen LogP contribution in [0.3, 0.4) is 0 Å². The highest BCUT2D eigenvalue weighted by atomic mass is 16.2. The largest absolute Gasteiger partial charge is 0.400 e. The van der Waals surface area contributed by atoms with E-state index in [2.05, 4.69) is 45.6 Å². The van der Waals surface area contributed by atoms with E-state index in [1.165, 1.54) is 6.42 Å². The Morgan fingerprint density at radius 2 is 2.03 bits per heavy atom. The molecule has 1 fully saturated rings. The van der Waals surface area contributed by atoms with E-state index < -0.39 is 0 Å². The summed E-state index contributed by atoms with van der Waals surface area (Å²) in [5.41, 5.74) is 4.96. The number of benzene rings is 1. The maximum absolute atomic E-state index is 13.7. The van der Waals surface area contributed by atoms with Crippen LogP contribution in [0.25, 0.3) is 11.3 Å². The van der Waals surface area contributed by atoms with Crippen LogP contribution in [-0.4, -0.2) is 40.4 Å². The molecule has 1 saturated carbocycles. The van der Waals surface area contributed by atoms with Crippen molar-refractivity contribution in [3.8, 4) is 11.3 Å². The summed E-state index contributed by atoms with van der Waals surface area (Å²) in [5.74, 6) is 1.17. The molecule has 0 radical (unpaired) electrons. The van der Waals surface area contributed by atoms with Gasteiger partial charge in [0.15, 0.2) is 0 Å². The summed E-state index contributed by atoms with van der Waals surface area (Å²) in [4.78, 5) is 24.5. The van der Waals surface area contributed by atoms with Crippen molar-refractivity contribution in [2.45, 2.75) is 38.5 Å². The van der Waals surface area contributed by atoms with Gasteiger partial charge in [-0.25, -0.2) is 9.98 Å². The number of rotatable bonds is 2. The molecule has 2 aliphatic heterocycles. The van der Waals surface area contributed by atoms with Crippen LogP contribution in [0.4, 0.5) is 11.4 Å². The number of nitrogens with one attached hydrogen (secondary N) is 1. The molecule has 0 saturated heterocycles. The fourth-order valence-corrected chi connectivity index (χ4v) is 4.62. The van der Waals surface area contributed by atoms with E-state index in [1.807, 2.05) is 28.9 Å². The molecule has 7 heteroatoms. The van der Waals surface area contributed by atoms with Gasteiger partial charge in [-0.15, -0.1) is 0 Å². The monoisotopic (exact) mass is 435 g/mol. The molecule has 3 heterocycles. The first kappa shape index (κ1) is 22.0. The summed E-state index contributed by atoms with van der Waals surface area (Å²) >= 11 is 0. The minimum absolute atomic E-state index is 0. The summed E-state index contributed by atoms with van der Waals surface area (Å²) in [6.07, 6.45) is 16.1. The SMILES string of the molecule is CO.Cn1cncc1-c1ccc2c(c1)N(C(=O)C1CCCCC1)CC1=C(N=CCC=C1)N2.[HH]. The van der Waals surface area contributed by atoms with Crippen molar-refractivity contribution in [2.75, 3.05) is 23.9 Å². The molecule has 0 atom stereocenters. The third-order valence-corrected chi connectivity index (χ3v) is 6.29. The topological polar surface area (TPSA) is 82.8 Å². The molecule has 0 spiro atoms. The number of nitrogens with zero attached hydrogens (tertiary/aromatic N) is 4. The quantitative estimate of drug-likeness (QED) is 0.726. The van der Waals surface area contributed by atoms with Crippen molar-refractivity contribution < 1.29 is 11.3 Å². The van der Waals surface area contributed by atoms with Gasteiger partial charge in [-0.1, -0.05) is 37.5 Å². The normalized spacial score (nSPS) is 18.0. The highest BCUT2D eigenvalue weighted by Gasteiger charge is 2.31. The smallest absolute Gasteiger partial charge is 0.230 e. The minimum Gasteiger partial charge on any atom is -0.400 e. The first-order valence-electron chi connectivity index (χ1n) is 11.3. The lowest BCUT2D eigenvalue weighted by Gasteiger charge is -2.30. The van der Waals surface area contributed by atoms with E-state index in [-0.39, 0.29) is 13.3 Å². The maximum atomic E-state index is 13.7. The molecule has 1 aliphatic carbocycles. The van der Waals surface area contributed by atoms with Gasteiger partial charge >= 0.3 is 0 Å². The molecule has 170 valence electrons. The summed E-state index contributed by atoms with van der Waals surface area (Å²) in [5, 5.41) is 10.5. The van der Waals surface area contributed by atoms with E-state index in [1.54, 1.807) is 6.33 Å². The van der Waals surface area contributed by atoms with E-state index in [9.17, 15) is 4.79 Å². The first-order chi connectivity index (χ1) is 15.7. The van der Waals surface area contributed by atoms with Crippen LogP contribution in [0.15, 0.2) is 59.3 Å². The van der Waals surface area contributed by atoms with Crippen molar-refractivity contribution in [3.63, 3.8) is 0 Å². The van der Waals surface area contributed by atoms with Gasteiger partial charge in [0.1, 0.15) is 5.82 Å². The summed E-state index contributed by atoms with van der Waals surface area (Å²) < 4.78 is 2.00. The van der Waals surface area contributed by atoms with Gasteiger partial charge in [-0.2, -0.15) is 0 Å². The zero-order valence-electron chi connectivity index (χ0n) is 18.8. The molecule has 7 nitrogen and oxygen atoms in total. The Bertz CT molecular complexity index is 1070. The Hall–Kier alpha value is -3.19. The number of hydrogen-bond acceptors (Lipinski definition) is 5. The third-order valence-electron chi connectivity index (χ3n) is 6.29.